The van der Waals surface area contributed by atoms with E-state index in [9.17, 15) is 13.2 Å². The molecule has 0 saturated carbocycles. The number of carbonyl (C=O) groups is 1. The van der Waals surface area contributed by atoms with Crippen LogP contribution in [0.5, 0.6) is 5.75 Å². The number of carbonyl (C=O) groups excluding carboxylic acids is 1. The smallest absolute Gasteiger partial charge is 0.264 e. The lowest BCUT2D eigenvalue weighted by Crippen LogP contribution is -2.38. The Kier molecular flexibility index (Phi) is 7.66. The molecule has 1 aromatic heterocycles. The highest BCUT2D eigenvalue weighted by molar-refractivity contribution is 7.92. The number of ether oxygens (including phenoxy) is 1. The molecule has 1 amide bonds. The first kappa shape index (κ1) is 25.3. The van der Waals surface area contributed by atoms with Crippen molar-refractivity contribution in [3.63, 3.8) is 0 Å². The number of rotatable bonds is 9. The number of nitrogens with one attached hydrogen (secondary N) is 1. The molecule has 8 nitrogen and oxygen atoms in total. The number of amides is 1. The average molecular weight is 523 g/mol. The molecule has 0 unspecified atom stereocenters. The fourth-order valence-corrected chi connectivity index (χ4v) is 5.83. The lowest BCUT2D eigenvalue weighted by Gasteiger charge is -2.26. The minimum absolute atomic E-state index is 0.115. The van der Waals surface area contributed by atoms with Gasteiger partial charge in [-0.25, -0.2) is 8.42 Å². The molecule has 0 aliphatic carbocycles. The normalized spacial score (nSPS) is 11.2. The molecule has 0 atom stereocenters. The van der Waals surface area contributed by atoms with Crippen molar-refractivity contribution in [3.8, 4) is 16.3 Å². The van der Waals surface area contributed by atoms with E-state index in [0.29, 0.717) is 17.1 Å². The summed E-state index contributed by atoms with van der Waals surface area (Å²) in [6.45, 7) is 3.42. The van der Waals surface area contributed by atoms with Crippen LogP contribution in [0.1, 0.15) is 18.1 Å². The topological polar surface area (TPSA) is 101 Å². The van der Waals surface area contributed by atoms with E-state index < -0.39 is 22.5 Å². The summed E-state index contributed by atoms with van der Waals surface area (Å²) in [5, 5.41) is 11.8. The number of nitrogens with zero attached hydrogens (tertiary/aromatic N) is 3. The first-order chi connectivity index (χ1) is 17.3. The Balaban J connectivity index is 1.60. The van der Waals surface area contributed by atoms with E-state index in [4.69, 9.17) is 4.74 Å². The van der Waals surface area contributed by atoms with Crippen LogP contribution in [0.15, 0.2) is 77.7 Å². The number of benzene rings is 3. The van der Waals surface area contributed by atoms with Gasteiger partial charge in [0.05, 0.1) is 17.7 Å². The Morgan fingerprint density at radius 2 is 1.69 bits per heavy atom. The van der Waals surface area contributed by atoms with Crippen LogP contribution in [0.4, 0.5) is 10.8 Å². The maximum absolute atomic E-state index is 13.7. The maximum atomic E-state index is 13.7. The second kappa shape index (κ2) is 10.9. The van der Waals surface area contributed by atoms with Gasteiger partial charge in [0.2, 0.25) is 11.0 Å². The third-order valence-corrected chi connectivity index (χ3v) is 8.21. The number of aromatic nitrogens is 2. The molecule has 0 aliphatic heterocycles. The summed E-state index contributed by atoms with van der Waals surface area (Å²) in [6.07, 6.45) is 0.610. The number of methoxy groups -OCH3 is 1. The first-order valence-corrected chi connectivity index (χ1v) is 13.5. The minimum atomic E-state index is -4.01. The fourth-order valence-electron chi connectivity index (χ4n) is 3.60. The van der Waals surface area contributed by atoms with Gasteiger partial charge < -0.3 is 4.74 Å². The number of hydrogen-bond donors (Lipinski definition) is 1. The van der Waals surface area contributed by atoms with E-state index in [0.717, 1.165) is 26.7 Å². The summed E-state index contributed by atoms with van der Waals surface area (Å²) in [4.78, 5) is 13.2. The predicted octanol–water partition coefficient (Wildman–Crippen LogP) is 4.92. The number of para-hydroxylation sites is 1. The molecule has 0 aliphatic rings. The number of sulfonamides is 1. The standard InChI is InChI=1S/C26H26N4O4S2/c1-4-19-7-5-6-8-23(19)30(36(32,33)22-15-9-18(2)10-16-22)17-24(31)27-26-29-28-25(35-26)20-11-13-21(34-3)14-12-20/h5-16H,4,17H2,1-3H3,(H,27,29,31). The second-order valence-corrected chi connectivity index (χ2v) is 10.8. The molecule has 3 aromatic carbocycles. The van der Waals surface area contributed by atoms with Crippen molar-refractivity contribution in [2.45, 2.75) is 25.2 Å². The monoisotopic (exact) mass is 522 g/mol. The third-order valence-electron chi connectivity index (χ3n) is 5.55. The van der Waals surface area contributed by atoms with E-state index in [-0.39, 0.29) is 10.0 Å². The van der Waals surface area contributed by atoms with E-state index >= 15 is 0 Å². The Labute approximate surface area is 214 Å². The third kappa shape index (κ3) is 5.55. The highest BCUT2D eigenvalue weighted by Gasteiger charge is 2.29. The van der Waals surface area contributed by atoms with Gasteiger partial charge in [0.15, 0.2) is 0 Å². The molecule has 4 aromatic rings. The van der Waals surface area contributed by atoms with Gasteiger partial charge in [-0.15, -0.1) is 10.2 Å². The number of anilines is 2. The molecule has 0 spiro atoms. The van der Waals surface area contributed by atoms with Crippen molar-refractivity contribution in [1.29, 1.82) is 0 Å². The zero-order valence-corrected chi connectivity index (χ0v) is 21.8. The lowest BCUT2D eigenvalue weighted by molar-refractivity contribution is -0.114. The van der Waals surface area contributed by atoms with Crippen LogP contribution in [0.25, 0.3) is 10.6 Å². The highest BCUT2D eigenvalue weighted by Crippen LogP contribution is 2.30. The van der Waals surface area contributed by atoms with Crippen LogP contribution in [-0.2, 0) is 21.2 Å². The molecule has 1 heterocycles. The molecule has 0 saturated heterocycles. The Hall–Kier alpha value is -3.76. The van der Waals surface area contributed by atoms with Gasteiger partial charge in [-0.3, -0.25) is 14.4 Å². The molecular formula is C26H26N4O4S2. The van der Waals surface area contributed by atoms with Crippen molar-refractivity contribution in [3.05, 3.63) is 83.9 Å². The van der Waals surface area contributed by atoms with Crippen molar-refractivity contribution < 1.29 is 17.9 Å². The zero-order chi connectivity index (χ0) is 25.7. The summed E-state index contributed by atoms with van der Waals surface area (Å²) in [6, 6.07) is 21.1. The first-order valence-electron chi connectivity index (χ1n) is 11.3. The van der Waals surface area contributed by atoms with E-state index in [1.54, 1.807) is 43.5 Å². The predicted molar refractivity (Wildman–Crippen MR) is 142 cm³/mol. The molecule has 10 heteroatoms. The Morgan fingerprint density at radius 3 is 2.36 bits per heavy atom. The van der Waals surface area contributed by atoms with Crippen LogP contribution in [0, 0.1) is 6.92 Å². The van der Waals surface area contributed by atoms with Gasteiger partial charge in [0.25, 0.3) is 10.0 Å². The van der Waals surface area contributed by atoms with Crippen LogP contribution in [0.3, 0.4) is 0 Å². The van der Waals surface area contributed by atoms with Gasteiger partial charge in [-0.05, 0) is 61.4 Å². The maximum Gasteiger partial charge on any atom is 0.264 e. The Bertz CT molecular complexity index is 1450. The van der Waals surface area contributed by atoms with Crippen LogP contribution in [-0.4, -0.2) is 38.2 Å². The van der Waals surface area contributed by atoms with E-state index in [2.05, 4.69) is 15.5 Å². The molecule has 0 radical (unpaired) electrons. The summed E-state index contributed by atoms with van der Waals surface area (Å²) < 4.78 is 33.6. The van der Waals surface area contributed by atoms with Crippen LogP contribution < -0.4 is 14.4 Å². The largest absolute Gasteiger partial charge is 0.497 e. The summed E-state index contributed by atoms with van der Waals surface area (Å²) in [5.41, 5.74) is 3.05. The lowest BCUT2D eigenvalue weighted by atomic mass is 10.1. The summed E-state index contributed by atoms with van der Waals surface area (Å²) in [5.74, 6) is 0.202. The number of hydrogen-bond acceptors (Lipinski definition) is 7. The zero-order valence-electron chi connectivity index (χ0n) is 20.1. The van der Waals surface area contributed by atoms with E-state index in [1.807, 2.05) is 50.2 Å². The van der Waals surface area contributed by atoms with E-state index in [1.165, 1.54) is 11.3 Å². The van der Waals surface area contributed by atoms with Gasteiger partial charge in [-0.1, -0.05) is 54.2 Å². The molecule has 0 bridgehead atoms. The molecule has 36 heavy (non-hydrogen) atoms. The van der Waals surface area contributed by atoms with Crippen molar-refractivity contribution in [2.75, 3.05) is 23.3 Å². The van der Waals surface area contributed by atoms with Crippen LogP contribution in [0.2, 0.25) is 0 Å². The molecular weight excluding hydrogens is 496 g/mol. The van der Waals surface area contributed by atoms with Gasteiger partial charge in [0.1, 0.15) is 17.3 Å². The van der Waals surface area contributed by atoms with Gasteiger partial charge in [-0.2, -0.15) is 0 Å². The SMILES string of the molecule is CCc1ccccc1N(CC(=O)Nc1nnc(-c2ccc(OC)cc2)s1)S(=O)(=O)c1ccc(C)cc1. The molecule has 0 fully saturated rings. The molecule has 1 N–H and O–H groups in total. The fraction of sp³-hybridized carbons (Fsp3) is 0.192. The van der Waals surface area contributed by atoms with Crippen molar-refractivity contribution in [2.24, 2.45) is 0 Å². The number of aryl methyl sites for hydroxylation is 2. The minimum Gasteiger partial charge on any atom is -0.497 e. The highest BCUT2D eigenvalue weighted by atomic mass is 32.2. The van der Waals surface area contributed by atoms with Crippen LogP contribution >= 0.6 is 11.3 Å². The van der Waals surface area contributed by atoms with Gasteiger partial charge in [0, 0.05) is 5.56 Å². The van der Waals surface area contributed by atoms with Crippen molar-refractivity contribution >= 4 is 38.1 Å². The molecule has 4 rings (SSSR count). The summed E-state index contributed by atoms with van der Waals surface area (Å²) >= 11 is 1.20. The molecule has 186 valence electrons. The quantitative estimate of drug-likeness (QED) is 0.335. The Morgan fingerprint density at radius 1 is 1.00 bits per heavy atom. The van der Waals surface area contributed by atoms with Crippen molar-refractivity contribution in [1.82, 2.24) is 10.2 Å². The second-order valence-electron chi connectivity index (χ2n) is 8.00. The average Bonchev–Trinajstić information content (AvgIpc) is 3.35. The van der Waals surface area contributed by atoms with Gasteiger partial charge >= 0.3 is 0 Å². The summed E-state index contributed by atoms with van der Waals surface area (Å²) in [7, 11) is -2.42.